The largest absolute Gasteiger partial charge is 0.494 e. The number of pyridine rings is 1. The summed E-state index contributed by atoms with van der Waals surface area (Å²) in [5, 5.41) is 10.6. The Hall–Kier alpha value is -6.00. The van der Waals surface area contributed by atoms with Crippen LogP contribution in [0, 0.1) is 11.6 Å². The number of carbonyl (C=O) groups is 2. The van der Waals surface area contributed by atoms with Gasteiger partial charge in [0, 0.05) is 41.4 Å². The van der Waals surface area contributed by atoms with Crippen LogP contribution in [0.3, 0.4) is 0 Å². The van der Waals surface area contributed by atoms with Crippen molar-refractivity contribution in [2.45, 2.75) is 65.7 Å². The minimum atomic E-state index is -2.83. The van der Waals surface area contributed by atoms with Crippen molar-refractivity contribution in [1.29, 1.82) is 0 Å². The van der Waals surface area contributed by atoms with Crippen molar-refractivity contribution in [2.75, 3.05) is 25.1 Å². The summed E-state index contributed by atoms with van der Waals surface area (Å²) in [6.45, 7) is 8.20. The van der Waals surface area contributed by atoms with Gasteiger partial charge in [0.25, 0.3) is 6.43 Å². The topological polar surface area (TPSA) is 152 Å². The van der Waals surface area contributed by atoms with Gasteiger partial charge in [-0.3, -0.25) is 9.67 Å². The number of benzene rings is 2. The molecule has 2 N–H and O–H groups in total. The zero-order valence-electron chi connectivity index (χ0n) is 30.2. The van der Waals surface area contributed by atoms with E-state index in [0.717, 1.165) is 18.2 Å². The molecular formula is C37H39F4N7O6. The summed E-state index contributed by atoms with van der Waals surface area (Å²) < 4.78 is 80.0. The first-order valence-electron chi connectivity index (χ1n) is 17.0. The monoisotopic (exact) mass is 753 g/mol. The number of aromatic nitrogens is 5. The number of nitrogens with one attached hydrogen (secondary N) is 2. The lowest BCUT2D eigenvalue weighted by atomic mass is 10.1. The van der Waals surface area contributed by atoms with E-state index in [1.54, 1.807) is 52.0 Å². The van der Waals surface area contributed by atoms with Crippen molar-refractivity contribution in [1.82, 2.24) is 30.0 Å². The molecule has 3 aromatic heterocycles. The minimum Gasteiger partial charge on any atom is -0.494 e. The molecule has 0 unspecified atom stereocenters. The molecule has 0 radical (unpaired) electrons. The SMILES string of the molecule is CCOc1cc(F)c(Cn2nc(-c3ncc(OCCCOC(=O)[C@H](C)NC(=O)OC(C)(C)C)c(Nc4ccnc(C(F)F)c4)n3)c3ccccc32)c(F)c1. The van der Waals surface area contributed by atoms with E-state index in [9.17, 15) is 18.4 Å². The number of ether oxygens (including phenoxy) is 4. The Kier molecular flexibility index (Phi) is 12.5. The molecule has 0 spiro atoms. The second-order valence-corrected chi connectivity index (χ2v) is 12.9. The van der Waals surface area contributed by atoms with Crippen molar-refractivity contribution < 1.29 is 46.1 Å². The molecule has 54 heavy (non-hydrogen) atoms. The highest BCUT2D eigenvalue weighted by atomic mass is 19.3. The van der Waals surface area contributed by atoms with Crippen LogP contribution in [0.4, 0.5) is 33.9 Å². The number of esters is 1. The third kappa shape index (κ3) is 10.1. The number of rotatable bonds is 15. The van der Waals surface area contributed by atoms with Crippen molar-refractivity contribution in [3.63, 3.8) is 0 Å². The Labute approximate surface area is 308 Å². The van der Waals surface area contributed by atoms with Crippen molar-refractivity contribution in [2.24, 2.45) is 0 Å². The van der Waals surface area contributed by atoms with Gasteiger partial charge in [0.05, 0.1) is 38.1 Å². The first-order valence-corrected chi connectivity index (χ1v) is 17.0. The highest BCUT2D eigenvalue weighted by Gasteiger charge is 2.23. The van der Waals surface area contributed by atoms with Crippen LogP contribution in [0.15, 0.2) is 60.9 Å². The summed E-state index contributed by atoms with van der Waals surface area (Å²) in [4.78, 5) is 37.1. The lowest BCUT2D eigenvalue weighted by Gasteiger charge is -2.21. The number of alkyl halides is 2. The molecule has 17 heteroatoms. The van der Waals surface area contributed by atoms with Gasteiger partial charge in [0.1, 0.15) is 40.4 Å². The summed E-state index contributed by atoms with van der Waals surface area (Å²) in [6.07, 6.45) is -0.783. The molecule has 2 aromatic carbocycles. The molecule has 0 fully saturated rings. The van der Waals surface area contributed by atoms with Crippen LogP contribution in [0.5, 0.6) is 11.5 Å². The van der Waals surface area contributed by atoms with E-state index in [2.05, 4.69) is 30.7 Å². The van der Waals surface area contributed by atoms with Crippen molar-refractivity contribution in [3.8, 4) is 23.0 Å². The maximum atomic E-state index is 15.0. The van der Waals surface area contributed by atoms with Gasteiger partial charge in [-0.1, -0.05) is 18.2 Å². The first-order chi connectivity index (χ1) is 25.7. The lowest BCUT2D eigenvalue weighted by Crippen LogP contribution is -2.42. The summed E-state index contributed by atoms with van der Waals surface area (Å²) in [5.41, 5.74) is -0.385. The molecule has 1 atom stereocenters. The standard InChI is InChI=1S/C37H39F4N7O6/c1-6-51-23-17-26(38)25(27(39)18-23)20-48-29-11-8-7-10-24(29)31(47-48)34-43-19-30(33(46-34)45-22-12-13-42-28(16-22)32(40)41)52-14-9-15-53-35(49)21(2)44-36(50)54-37(3,4)5/h7-8,10-13,16-19,21,32H,6,9,14-15,20H2,1-5H3,(H,44,50)(H,42,43,45,46)/t21-/m0/s1. The van der Waals surface area contributed by atoms with E-state index < -0.39 is 47.5 Å². The van der Waals surface area contributed by atoms with Gasteiger partial charge in [0.2, 0.25) is 0 Å². The Balaban J connectivity index is 1.37. The summed E-state index contributed by atoms with van der Waals surface area (Å²) in [7, 11) is 0. The second kappa shape index (κ2) is 17.2. The molecule has 0 aliphatic carbocycles. The summed E-state index contributed by atoms with van der Waals surface area (Å²) in [6, 6.07) is 10.9. The van der Waals surface area contributed by atoms with Gasteiger partial charge < -0.3 is 29.6 Å². The van der Waals surface area contributed by atoms with Crippen LogP contribution >= 0.6 is 0 Å². The number of halogens is 4. The van der Waals surface area contributed by atoms with Crippen LogP contribution in [0.25, 0.3) is 22.4 Å². The summed E-state index contributed by atoms with van der Waals surface area (Å²) in [5.74, 6) is -1.91. The number of para-hydroxylation sites is 1. The van der Waals surface area contributed by atoms with Gasteiger partial charge in [0.15, 0.2) is 17.4 Å². The fourth-order valence-corrected chi connectivity index (χ4v) is 5.09. The van der Waals surface area contributed by atoms with Gasteiger partial charge in [-0.05, 0) is 52.8 Å². The molecule has 0 aliphatic heterocycles. The molecule has 1 amide bonds. The highest BCUT2D eigenvalue weighted by molar-refractivity contribution is 5.92. The van der Waals surface area contributed by atoms with E-state index in [4.69, 9.17) is 18.9 Å². The molecule has 286 valence electrons. The molecule has 3 heterocycles. The Morgan fingerprint density at radius 3 is 2.43 bits per heavy atom. The van der Waals surface area contributed by atoms with Crippen LogP contribution in [0.1, 0.15) is 58.7 Å². The zero-order chi connectivity index (χ0) is 39.0. The van der Waals surface area contributed by atoms with Crippen LogP contribution in [-0.2, 0) is 20.8 Å². The van der Waals surface area contributed by atoms with E-state index in [-0.39, 0.29) is 72.9 Å². The number of carbonyl (C=O) groups excluding carboxylic acids is 2. The quantitative estimate of drug-likeness (QED) is 0.0621. The number of hydrogen-bond acceptors (Lipinski definition) is 11. The fraction of sp³-hybridized carbons (Fsp3) is 0.351. The van der Waals surface area contributed by atoms with E-state index in [1.165, 1.54) is 30.1 Å². The van der Waals surface area contributed by atoms with Crippen molar-refractivity contribution >= 4 is 34.5 Å². The Morgan fingerprint density at radius 1 is 0.981 bits per heavy atom. The molecule has 0 aliphatic rings. The normalized spacial score (nSPS) is 12.0. The van der Waals surface area contributed by atoms with Gasteiger partial charge in [-0.25, -0.2) is 37.1 Å². The van der Waals surface area contributed by atoms with Crippen LogP contribution < -0.4 is 20.1 Å². The number of alkyl carbamates (subject to hydrolysis) is 1. The minimum absolute atomic E-state index is 0.0218. The zero-order valence-corrected chi connectivity index (χ0v) is 30.2. The second-order valence-electron chi connectivity index (χ2n) is 12.9. The highest BCUT2D eigenvalue weighted by Crippen LogP contribution is 2.32. The molecule has 0 saturated heterocycles. The Bertz CT molecular complexity index is 2080. The summed E-state index contributed by atoms with van der Waals surface area (Å²) >= 11 is 0. The lowest BCUT2D eigenvalue weighted by molar-refractivity contribution is -0.145. The first kappa shape index (κ1) is 39.2. The van der Waals surface area contributed by atoms with Crippen LogP contribution in [-0.4, -0.2) is 68.3 Å². The number of amides is 1. The average molecular weight is 754 g/mol. The Morgan fingerprint density at radius 2 is 1.72 bits per heavy atom. The van der Waals surface area contributed by atoms with Gasteiger partial charge >= 0.3 is 12.1 Å². The smallest absolute Gasteiger partial charge is 0.408 e. The van der Waals surface area contributed by atoms with Gasteiger partial charge in [-0.2, -0.15) is 5.10 Å². The fourth-order valence-electron chi connectivity index (χ4n) is 5.09. The molecule has 0 saturated carbocycles. The predicted molar refractivity (Wildman–Crippen MR) is 190 cm³/mol. The third-order valence-corrected chi connectivity index (χ3v) is 7.50. The number of nitrogens with zero attached hydrogens (tertiary/aromatic N) is 5. The predicted octanol–water partition coefficient (Wildman–Crippen LogP) is 7.52. The number of hydrogen-bond donors (Lipinski definition) is 2. The van der Waals surface area contributed by atoms with Crippen LogP contribution in [0.2, 0.25) is 0 Å². The maximum Gasteiger partial charge on any atom is 0.408 e. The van der Waals surface area contributed by atoms with E-state index in [0.29, 0.717) is 10.9 Å². The van der Waals surface area contributed by atoms with Gasteiger partial charge in [-0.15, -0.1) is 0 Å². The number of fused-ring (bicyclic) bond motifs is 1. The molecule has 0 bridgehead atoms. The van der Waals surface area contributed by atoms with E-state index in [1.807, 2.05) is 0 Å². The van der Waals surface area contributed by atoms with E-state index >= 15 is 8.78 Å². The van der Waals surface area contributed by atoms with Crippen molar-refractivity contribution in [3.05, 3.63) is 83.8 Å². The average Bonchev–Trinajstić information content (AvgIpc) is 3.47. The third-order valence-electron chi connectivity index (χ3n) is 7.50. The molecular weight excluding hydrogens is 714 g/mol. The molecule has 13 nitrogen and oxygen atoms in total. The maximum absolute atomic E-state index is 15.0. The number of anilines is 2. The molecule has 5 aromatic rings. The molecule has 5 rings (SSSR count).